The minimum Gasteiger partial charge on any atom is -0.507 e. The van der Waals surface area contributed by atoms with Crippen LogP contribution < -0.4 is 9.47 Å². The molecule has 6 heteroatoms. The van der Waals surface area contributed by atoms with Gasteiger partial charge >= 0.3 is 5.97 Å². The summed E-state index contributed by atoms with van der Waals surface area (Å²) in [6, 6.07) is 2.82. The number of methoxy groups -OCH3 is 1. The highest BCUT2D eigenvalue weighted by molar-refractivity contribution is 5.96. The summed E-state index contributed by atoms with van der Waals surface area (Å²) in [4.78, 5) is 11.7. The molecular formula is C12H14O6. The molecule has 0 aliphatic carbocycles. The molecule has 6 nitrogen and oxygen atoms in total. The molecule has 2 rings (SSSR count). The first kappa shape index (κ1) is 12.5. The number of cyclic esters (lactones) is 1. The molecule has 1 aromatic rings. The van der Waals surface area contributed by atoms with Gasteiger partial charge in [0.2, 0.25) is 5.79 Å². The van der Waals surface area contributed by atoms with E-state index in [-0.39, 0.29) is 23.9 Å². The molecule has 1 aromatic carbocycles. The number of carbonyl (C=O) groups excluding carboxylic acids is 1. The standard InChI is InChI=1S/C12H14O6/c1-12(2)17-9-5-7(16-6-15-3)4-8(13)10(9)11(14)18-12/h4-5,13H,6H2,1-3H3. The third-order valence-electron chi connectivity index (χ3n) is 2.30. The lowest BCUT2D eigenvalue weighted by Gasteiger charge is -2.32. The summed E-state index contributed by atoms with van der Waals surface area (Å²) >= 11 is 0. The molecule has 1 heterocycles. The van der Waals surface area contributed by atoms with Crippen LogP contribution in [0.15, 0.2) is 12.1 Å². The van der Waals surface area contributed by atoms with Crippen LogP contribution in [-0.2, 0) is 9.47 Å². The lowest BCUT2D eigenvalue weighted by Crippen LogP contribution is -2.38. The van der Waals surface area contributed by atoms with Crippen molar-refractivity contribution in [3.05, 3.63) is 17.7 Å². The number of esters is 1. The molecule has 0 spiro atoms. The van der Waals surface area contributed by atoms with Crippen LogP contribution in [0.3, 0.4) is 0 Å². The maximum absolute atomic E-state index is 11.7. The molecule has 0 aromatic heterocycles. The third-order valence-corrected chi connectivity index (χ3v) is 2.30. The Kier molecular flexibility index (Phi) is 3.04. The summed E-state index contributed by atoms with van der Waals surface area (Å²) in [5.41, 5.74) is -0.000841. The topological polar surface area (TPSA) is 74.2 Å². The number of carbonyl (C=O) groups is 1. The summed E-state index contributed by atoms with van der Waals surface area (Å²) in [7, 11) is 1.48. The largest absolute Gasteiger partial charge is 0.507 e. The summed E-state index contributed by atoms with van der Waals surface area (Å²) in [6.07, 6.45) is 0. The summed E-state index contributed by atoms with van der Waals surface area (Å²) in [6.45, 7) is 3.24. The lowest BCUT2D eigenvalue weighted by atomic mass is 10.1. The highest BCUT2D eigenvalue weighted by atomic mass is 16.7. The Balaban J connectivity index is 2.39. The van der Waals surface area contributed by atoms with E-state index in [1.54, 1.807) is 13.8 Å². The second-order valence-electron chi connectivity index (χ2n) is 4.26. The smallest absolute Gasteiger partial charge is 0.349 e. The van der Waals surface area contributed by atoms with Crippen molar-refractivity contribution in [2.45, 2.75) is 19.6 Å². The molecule has 0 amide bonds. The maximum Gasteiger partial charge on any atom is 0.349 e. The van der Waals surface area contributed by atoms with Crippen LogP contribution in [0.1, 0.15) is 24.2 Å². The molecule has 0 bridgehead atoms. The first-order valence-corrected chi connectivity index (χ1v) is 5.34. The van der Waals surface area contributed by atoms with Gasteiger partial charge in [-0.2, -0.15) is 0 Å². The number of phenols is 1. The monoisotopic (exact) mass is 254 g/mol. The quantitative estimate of drug-likeness (QED) is 0.653. The van der Waals surface area contributed by atoms with Crippen LogP contribution in [0.4, 0.5) is 0 Å². The van der Waals surface area contributed by atoms with Gasteiger partial charge in [0.1, 0.15) is 22.8 Å². The van der Waals surface area contributed by atoms with Crippen molar-refractivity contribution in [2.75, 3.05) is 13.9 Å². The molecule has 98 valence electrons. The van der Waals surface area contributed by atoms with Gasteiger partial charge in [-0.05, 0) is 0 Å². The minimum atomic E-state index is -1.07. The number of rotatable bonds is 3. The fourth-order valence-electron chi connectivity index (χ4n) is 1.63. The number of hydrogen-bond acceptors (Lipinski definition) is 6. The molecule has 0 radical (unpaired) electrons. The first-order valence-electron chi connectivity index (χ1n) is 5.34. The molecule has 0 saturated heterocycles. The van der Waals surface area contributed by atoms with Gasteiger partial charge in [-0.15, -0.1) is 0 Å². The summed E-state index contributed by atoms with van der Waals surface area (Å²) < 4.78 is 20.4. The molecule has 0 saturated carbocycles. The van der Waals surface area contributed by atoms with Gasteiger partial charge in [0, 0.05) is 33.1 Å². The highest BCUT2D eigenvalue weighted by Crippen LogP contribution is 2.39. The Labute approximate surface area is 104 Å². The normalized spacial score (nSPS) is 16.5. The Morgan fingerprint density at radius 1 is 1.33 bits per heavy atom. The van der Waals surface area contributed by atoms with E-state index >= 15 is 0 Å². The third kappa shape index (κ3) is 2.33. The van der Waals surface area contributed by atoms with Crippen molar-refractivity contribution < 1.29 is 28.8 Å². The van der Waals surface area contributed by atoms with Gasteiger partial charge in [-0.3, -0.25) is 0 Å². The van der Waals surface area contributed by atoms with E-state index in [4.69, 9.17) is 18.9 Å². The number of hydrogen-bond donors (Lipinski definition) is 1. The highest BCUT2D eigenvalue weighted by Gasteiger charge is 2.36. The van der Waals surface area contributed by atoms with E-state index in [0.29, 0.717) is 5.75 Å². The number of fused-ring (bicyclic) bond motifs is 1. The Hall–Kier alpha value is -1.95. The van der Waals surface area contributed by atoms with Crippen molar-refractivity contribution in [2.24, 2.45) is 0 Å². The van der Waals surface area contributed by atoms with Crippen molar-refractivity contribution in [3.63, 3.8) is 0 Å². The van der Waals surface area contributed by atoms with Crippen LogP contribution in [0.25, 0.3) is 0 Å². The number of ether oxygens (including phenoxy) is 4. The summed E-state index contributed by atoms with van der Waals surface area (Å²) in [5.74, 6) is -1.38. The van der Waals surface area contributed by atoms with Crippen LogP contribution in [0.5, 0.6) is 17.2 Å². The molecule has 1 aliphatic rings. The SMILES string of the molecule is COCOc1cc(O)c2c(c1)OC(C)(C)OC2=O. The Morgan fingerprint density at radius 2 is 2.06 bits per heavy atom. The van der Waals surface area contributed by atoms with E-state index in [9.17, 15) is 9.90 Å². The van der Waals surface area contributed by atoms with Gasteiger partial charge in [0.25, 0.3) is 0 Å². The average molecular weight is 254 g/mol. The second-order valence-corrected chi connectivity index (χ2v) is 4.26. The van der Waals surface area contributed by atoms with E-state index < -0.39 is 11.8 Å². The van der Waals surface area contributed by atoms with Crippen LogP contribution in [0, 0.1) is 0 Å². The predicted molar refractivity (Wildman–Crippen MR) is 60.7 cm³/mol. The van der Waals surface area contributed by atoms with E-state index in [1.165, 1.54) is 19.2 Å². The van der Waals surface area contributed by atoms with E-state index in [1.807, 2.05) is 0 Å². The molecule has 0 atom stereocenters. The van der Waals surface area contributed by atoms with Gasteiger partial charge in [-0.1, -0.05) is 0 Å². The average Bonchev–Trinajstić information content (AvgIpc) is 2.23. The zero-order valence-electron chi connectivity index (χ0n) is 10.4. The van der Waals surface area contributed by atoms with Crippen LogP contribution in [-0.4, -0.2) is 30.8 Å². The molecule has 1 aliphatic heterocycles. The number of phenolic OH excluding ortho intramolecular Hbond substituents is 1. The van der Waals surface area contributed by atoms with Crippen LogP contribution >= 0.6 is 0 Å². The molecule has 0 fully saturated rings. The Morgan fingerprint density at radius 3 is 2.72 bits per heavy atom. The Bertz CT molecular complexity index is 480. The molecule has 18 heavy (non-hydrogen) atoms. The fourth-order valence-corrected chi connectivity index (χ4v) is 1.63. The van der Waals surface area contributed by atoms with E-state index in [0.717, 1.165) is 0 Å². The zero-order valence-corrected chi connectivity index (χ0v) is 10.4. The minimum absolute atomic E-state index is 0.000841. The van der Waals surface area contributed by atoms with Gasteiger partial charge < -0.3 is 24.1 Å². The molecule has 0 unspecified atom stereocenters. The number of aromatic hydroxyl groups is 1. The molecule has 1 N–H and O–H groups in total. The fraction of sp³-hybridized carbons (Fsp3) is 0.417. The van der Waals surface area contributed by atoms with Gasteiger partial charge in [0.15, 0.2) is 6.79 Å². The van der Waals surface area contributed by atoms with Crippen molar-refractivity contribution in [3.8, 4) is 17.2 Å². The summed E-state index contributed by atoms with van der Waals surface area (Å²) in [5, 5.41) is 9.78. The predicted octanol–water partition coefficient (Wildman–Crippen LogP) is 1.66. The molecular weight excluding hydrogens is 240 g/mol. The van der Waals surface area contributed by atoms with Crippen molar-refractivity contribution in [1.29, 1.82) is 0 Å². The van der Waals surface area contributed by atoms with Gasteiger partial charge in [-0.25, -0.2) is 4.79 Å². The van der Waals surface area contributed by atoms with Crippen molar-refractivity contribution >= 4 is 5.97 Å². The van der Waals surface area contributed by atoms with Gasteiger partial charge in [0.05, 0.1) is 0 Å². The second kappa shape index (κ2) is 4.38. The lowest BCUT2D eigenvalue weighted by molar-refractivity contribution is -0.127. The number of benzene rings is 1. The maximum atomic E-state index is 11.7. The van der Waals surface area contributed by atoms with E-state index in [2.05, 4.69) is 0 Å². The van der Waals surface area contributed by atoms with Crippen LogP contribution in [0.2, 0.25) is 0 Å². The zero-order chi connectivity index (χ0) is 13.3. The first-order chi connectivity index (χ1) is 8.43. The van der Waals surface area contributed by atoms with Crippen molar-refractivity contribution in [1.82, 2.24) is 0 Å².